The van der Waals surface area contributed by atoms with Crippen LogP contribution in [0, 0.1) is 0 Å². The number of likely N-dealkylation sites (N-methyl/N-ethyl adjacent to an activating group) is 1. The minimum absolute atomic E-state index is 0.445. The van der Waals surface area contributed by atoms with Crippen LogP contribution in [0.25, 0.3) is 0 Å². The van der Waals surface area contributed by atoms with Gasteiger partial charge in [-0.25, -0.2) is 0 Å². The molecule has 0 amide bonds. The Hall–Kier alpha value is -0.870. The fraction of sp³-hybridized carbons (Fsp3) is 0.750. The van der Waals surface area contributed by atoms with Crippen LogP contribution in [0.1, 0.15) is 25.8 Å². The SMILES string of the molecule is CC(CN(C)CCNC1CC1)n1cccn1. The predicted molar refractivity (Wildman–Crippen MR) is 65.5 cm³/mol. The van der Waals surface area contributed by atoms with Crippen molar-refractivity contribution in [3.05, 3.63) is 18.5 Å². The monoisotopic (exact) mass is 222 g/mol. The minimum Gasteiger partial charge on any atom is -0.313 e. The molecule has 0 aromatic carbocycles. The standard InChI is InChI=1S/C12H22N4/c1-11(16-8-3-6-14-16)10-15(2)9-7-13-12-4-5-12/h3,6,8,11-13H,4-5,7,9-10H2,1-2H3. The van der Waals surface area contributed by atoms with Gasteiger partial charge in [0.05, 0.1) is 6.04 Å². The van der Waals surface area contributed by atoms with E-state index in [1.54, 1.807) is 0 Å². The molecule has 1 fully saturated rings. The van der Waals surface area contributed by atoms with Crippen LogP contribution < -0.4 is 5.32 Å². The quantitative estimate of drug-likeness (QED) is 0.750. The Kier molecular flexibility index (Phi) is 3.96. The van der Waals surface area contributed by atoms with Gasteiger partial charge in [-0.2, -0.15) is 5.10 Å². The summed E-state index contributed by atoms with van der Waals surface area (Å²) in [5, 5.41) is 7.79. The summed E-state index contributed by atoms with van der Waals surface area (Å²) < 4.78 is 2.02. The molecule has 1 aliphatic carbocycles. The van der Waals surface area contributed by atoms with E-state index in [4.69, 9.17) is 0 Å². The van der Waals surface area contributed by atoms with Gasteiger partial charge in [0.25, 0.3) is 0 Å². The van der Waals surface area contributed by atoms with Crippen molar-refractivity contribution < 1.29 is 0 Å². The zero-order valence-corrected chi connectivity index (χ0v) is 10.3. The lowest BCUT2D eigenvalue weighted by Crippen LogP contribution is -2.33. The van der Waals surface area contributed by atoms with E-state index < -0.39 is 0 Å². The van der Waals surface area contributed by atoms with Crippen LogP contribution in [0.15, 0.2) is 18.5 Å². The van der Waals surface area contributed by atoms with Crippen molar-refractivity contribution in [2.24, 2.45) is 0 Å². The topological polar surface area (TPSA) is 33.1 Å². The first kappa shape index (κ1) is 11.6. The molecule has 1 atom stereocenters. The molecule has 0 radical (unpaired) electrons. The Labute approximate surface area is 97.6 Å². The third kappa shape index (κ3) is 3.61. The van der Waals surface area contributed by atoms with Crippen LogP contribution in [0.2, 0.25) is 0 Å². The molecule has 4 nitrogen and oxygen atoms in total. The smallest absolute Gasteiger partial charge is 0.0617 e. The summed E-state index contributed by atoms with van der Waals surface area (Å²) in [6.45, 7) is 5.47. The van der Waals surface area contributed by atoms with E-state index in [1.165, 1.54) is 12.8 Å². The Morgan fingerprint density at radius 2 is 2.38 bits per heavy atom. The van der Waals surface area contributed by atoms with Gasteiger partial charge >= 0.3 is 0 Å². The molecule has 0 saturated heterocycles. The average Bonchev–Trinajstić information content (AvgIpc) is 2.91. The number of hydrogen-bond acceptors (Lipinski definition) is 3. The van der Waals surface area contributed by atoms with E-state index in [0.29, 0.717) is 6.04 Å². The molecule has 4 heteroatoms. The van der Waals surface area contributed by atoms with Crippen LogP contribution in [0.3, 0.4) is 0 Å². The summed E-state index contributed by atoms with van der Waals surface area (Å²) in [7, 11) is 2.18. The molecule has 0 spiro atoms. The van der Waals surface area contributed by atoms with Gasteiger partial charge < -0.3 is 10.2 Å². The van der Waals surface area contributed by atoms with Crippen LogP contribution in [-0.4, -0.2) is 47.4 Å². The van der Waals surface area contributed by atoms with Gasteiger partial charge in [-0.3, -0.25) is 4.68 Å². The Morgan fingerprint density at radius 1 is 1.56 bits per heavy atom. The predicted octanol–water partition coefficient (Wildman–Crippen LogP) is 1.13. The maximum absolute atomic E-state index is 4.26. The van der Waals surface area contributed by atoms with Crippen LogP contribution in [0.4, 0.5) is 0 Å². The fourth-order valence-corrected chi connectivity index (χ4v) is 1.91. The molecule has 1 saturated carbocycles. The first-order chi connectivity index (χ1) is 7.75. The van der Waals surface area contributed by atoms with Crippen LogP contribution in [-0.2, 0) is 0 Å². The molecule has 16 heavy (non-hydrogen) atoms. The van der Waals surface area contributed by atoms with E-state index >= 15 is 0 Å². The number of hydrogen-bond donors (Lipinski definition) is 1. The van der Waals surface area contributed by atoms with Crippen molar-refractivity contribution in [2.45, 2.75) is 31.8 Å². The average molecular weight is 222 g/mol. The maximum Gasteiger partial charge on any atom is 0.0617 e. The Morgan fingerprint density at radius 3 is 3.00 bits per heavy atom. The summed E-state index contributed by atoms with van der Waals surface area (Å²) in [4.78, 5) is 2.36. The van der Waals surface area contributed by atoms with Gasteiger partial charge in [0.2, 0.25) is 0 Å². The van der Waals surface area contributed by atoms with Crippen molar-refractivity contribution in [3.8, 4) is 0 Å². The molecule has 1 unspecified atom stereocenters. The van der Waals surface area contributed by atoms with Crippen molar-refractivity contribution in [3.63, 3.8) is 0 Å². The number of nitrogens with one attached hydrogen (secondary N) is 1. The molecule has 2 rings (SSSR count). The van der Waals surface area contributed by atoms with Gasteiger partial charge in [-0.15, -0.1) is 0 Å². The third-order valence-corrected chi connectivity index (χ3v) is 3.06. The molecule has 1 aromatic rings. The van der Waals surface area contributed by atoms with Crippen molar-refractivity contribution >= 4 is 0 Å². The third-order valence-electron chi connectivity index (χ3n) is 3.06. The Balaban J connectivity index is 1.63. The lowest BCUT2D eigenvalue weighted by molar-refractivity contribution is 0.275. The lowest BCUT2D eigenvalue weighted by Gasteiger charge is -2.21. The van der Waals surface area contributed by atoms with E-state index in [9.17, 15) is 0 Å². The highest BCUT2D eigenvalue weighted by Gasteiger charge is 2.19. The molecular weight excluding hydrogens is 200 g/mol. The highest BCUT2D eigenvalue weighted by Crippen LogP contribution is 2.18. The second-order valence-electron chi connectivity index (χ2n) is 4.83. The van der Waals surface area contributed by atoms with Crippen molar-refractivity contribution in [2.75, 3.05) is 26.7 Å². The molecule has 90 valence electrons. The highest BCUT2D eigenvalue weighted by molar-refractivity contribution is 4.82. The number of rotatable bonds is 7. The summed E-state index contributed by atoms with van der Waals surface area (Å²) in [5.41, 5.74) is 0. The summed E-state index contributed by atoms with van der Waals surface area (Å²) in [6.07, 6.45) is 6.60. The van der Waals surface area contributed by atoms with E-state index in [0.717, 1.165) is 25.7 Å². The van der Waals surface area contributed by atoms with Gasteiger partial charge in [-0.05, 0) is 32.9 Å². The second kappa shape index (κ2) is 5.46. The molecule has 1 N–H and O–H groups in total. The number of nitrogens with zero attached hydrogens (tertiary/aromatic N) is 3. The highest BCUT2D eigenvalue weighted by atomic mass is 15.3. The summed E-state index contributed by atoms with van der Waals surface area (Å²) in [6, 6.07) is 3.24. The summed E-state index contributed by atoms with van der Waals surface area (Å²) in [5.74, 6) is 0. The summed E-state index contributed by atoms with van der Waals surface area (Å²) >= 11 is 0. The van der Waals surface area contributed by atoms with Crippen LogP contribution in [0.5, 0.6) is 0 Å². The molecule has 1 aliphatic rings. The molecule has 0 bridgehead atoms. The second-order valence-corrected chi connectivity index (χ2v) is 4.83. The fourth-order valence-electron chi connectivity index (χ4n) is 1.91. The van der Waals surface area contributed by atoms with Gasteiger partial charge in [0.1, 0.15) is 0 Å². The largest absolute Gasteiger partial charge is 0.313 e. The van der Waals surface area contributed by atoms with Crippen LogP contribution >= 0.6 is 0 Å². The maximum atomic E-state index is 4.26. The molecule has 0 aliphatic heterocycles. The lowest BCUT2D eigenvalue weighted by atomic mass is 10.3. The van der Waals surface area contributed by atoms with E-state index in [2.05, 4.69) is 29.3 Å². The Bertz CT molecular complexity index is 292. The van der Waals surface area contributed by atoms with Gasteiger partial charge in [-0.1, -0.05) is 0 Å². The zero-order valence-electron chi connectivity index (χ0n) is 10.3. The van der Waals surface area contributed by atoms with Crippen molar-refractivity contribution in [1.82, 2.24) is 20.0 Å². The zero-order chi connectivity index (χ0) is 11.4. The van der Waals surface area contributed by atoms with E-state index in [-0.39, 0.29) is 0 Å². The normalized spacial score (nSPS) is 17.9. The van der Waals surface area contributed by atoms with Crippen molar-refractivity contribution in [1.29, 1.82) is 0 Å². The molecule has 1 heterocycles. The van der Waals surface area contributed by atoms with E-state index in [1.807, 2.05) is 23.1 Å². The van der Waals surface area contributed by atoms with Gasteiger partial charge in [0.15, 0.2) is 0 Å². The first-order valence-corrected chi connectivity index (χ1v) is 6.17. The first-order valence-electron chi connectivity index (χ1n) is 6.17. The van der Waals surface area contributed by atoms with Gasteiger partial charge in [0, 0.05) is 38.1 Å². The minimum atomic E-state index is 0.445. The molecule has 1 aromatic heterocycles. The number of aromatic nitrogens is 2. The molecular formula is C12H22N4.